The first-order valence-corrected chi connectivity index (χ1v) is 10.5. The summed E-state index contributed by atoms with van der Waals surface area (Å²) in [6.45, 7) is 1.52. The number of carbonyl (C=O) groups is 1. The fourth-order valence-corrected chi connectivity index (χ4v) is 3.16. The largest absolute Gasteiger partial charge is 0.497 e. The number of aliphatic imine (C=N–C) groups is 1. The Morgan fingerprint density at radius 2 is 1.72 bits per heavy atom. The molecule has 7 nitrogen and oxygen atoms in total. The number of H-pyrrole nitrogens is 1. The zero-order valence-electron chi connectivity index (χ0n) is 18.9. The number of carbonyl (C=O) groups excluding carboxylic acids is 1. The molecule has 0 fully saturated rings. The van der Waals surface area contributed by atoms with Gasteiger partial charge in [-0.15, -0.1) is 24.0 Å². The quantitative estimate of drug-likeness (QED) is 0.218. The van der Waals surface area contributed by atoms with E-state index < -0.39 is 0 Å². The van der Waals surface area contributed by atoms with Crippen LogP contribution in [0.4, 0.5) is 0 Å². The highest BCUT2D eigenvalue weighted by Gasteiger charge is 2.06. The van der Waals surface area contributed by atoms with Gasteiger partial charge >= 0.3 is 0 Å². The van der Waals surface area contributed by atoms with Crippen molar-refractivity contribution in [2.24, 2.45) is 4.99 Å². The van der Waals surface area contributed by atoms with Gasteiger partial charge in [-0.2, -0.15) is 0 Å². The number of hydrogen-bond donors (Lipinski definition) is 3. The number of benzene rings is 2. The van der Waals surface area contributed by atoms with Crippen LogP contribution in [0, 0.1) is 0 Å². The van der Waals surface area contributed by atoms with Crippen LogP contribution in [0.5, 0.6) is 5.75 Å². The Labute approximate surface area is 206 Å². The number of nitrogens with one attached hydrogen (secondary N) is 3. The highest BCUT2D eigenvalue weighted by Crippen LogP contribution is 2.14. The Morgan fingerprint density at radius 3 is 2.38 bits per heavy atom. The Bertz CT molecular complexity index is 982. The van der Waals surface area contributed by atoms with E-state index in [-0.39, 0.29) is 36.4 Å². The van der Waals surface area contributed by atoms with Crippen molar-refractivity contribution in [1.82, 2.24) is 20.5 Å². The molecule has 0 atom stereocenters. The van der Waals surface area contributed by atoms with Gasteiger partial charge in [-0.3, -0.25) is 4.79 Å². The van der Waals surface area contributed by atoms with E-state index in [1.165, 1.54) is 10.9 Å². The number of hydrogen-bond acceptors (Lipinski definition) is 3. The third-order valence-corrected chi connectivity index (χ3v) is 5.01. The molecule has 0 spiro atoms. The van der Waals surface area contributed by atoms with Gasteiger partial charge in [0.05, 0.1) is 7.11 Å². The van der Waals surface area contributed by atoms with Crippen molar-refractivity contribution in [3.05, 3.63) is 65.9 Å². The second-order valence-electron chi connectivity index (χ2n) is 7.54. The van der Waals surface area contributed by atoms with E-state index in [1.54, 1.807) is 26.1 Å². The monoisotopic (exact) mass is 549 g/mol. The normalized spacial score (nSPS) is 11.0. The highest BCUT2D eigenvalue weighted by atomic mass is 127. The minimum atomic E-state index is -0.0353. The summed E-state index contributed by atoms with van der Waals surface area (Å²) in [5.41, 5.74) is 3.51. The van der Waals surface area contributed by atoms with Gasteiger partial charge in [0.1, 0.15) is 12.3 Å². The van der Waals surface area contributed by atoms with E-state index >= 15 is 0 Å². The number of para-hydroxylation sites is 1. The molecular formula is C24H32IN5O2. The molecule has 1 heterocycles. The van der Waals surface area contributed by atoms with Gasteiger partial charge in [0.25, 0.3) is 0 Å². The van der Waals surface area contributed by atoms with Crippen LogP contribution in [0.25, 0.3) is 10.9 Å². The third-order valence-electron chi connectivity index (χ3n) is 5.01. The van der Waals surface area contributed by atoms with Gasteiger partial charge in [-0.25, -0.2) is 4.99 Å². The standard InChI is InChI=1S/C24H31N5O2.HI/c1-29(2)23(30)17-27-24(25-14-12-18-8-10-21(31-3)11-9-18)26-15-13-20-16-19-6-4-5-7-22(19)28-20;/h4-11,16,28H,12-15,17H2,1-3H3,(H2,25,26,27);1H. The average Bonchev–Trinajstić information content (AvgIpc) is 3.20. The van der Waals surface area contributed by atoms with Crippen LogP contribution >= 0.6 is 24.0 Å². The lowest BCUT2D eigenvalue weighted by molar-refractivity contribution is -0.127. The number of halogens is 1. The summed E-state index contributed by atoms with van der Waals surface area (Å²) in [4.78, 5) is 21.4. The predicted molar refractivity (Wildman–Crippen MR) is 141 cm³/mol. The molecule has 32 heavy (non-hydrogen) atoms. The fourth-order valence-electron chi connectivity index (χ4n) is 3.16. The molecule has 0 saturated heterocycles. The van der Waals surface area contributed by atoms with Crippen LogP contribution in [0.3, 0.4) is 0 Å². The molecule has 172 valence electrons. The first-order chi connectivity index (χ1) is 15.0. The summed E-state index contributed by atoms with van der Waals surface area (Å²) in [7, 11) is 5.13. The van der Waals surface area contributed by atoms with Gasteiger partial charge in [0, 0.05) is 44.8 Å². The van der Waals surface area contributed by atoms with Crippen molar-refractivity contribution in [1.29, 1.82) is 0 Å². The van der Waals surface area contributed by atoms with Crippen LogP contribution in [0.1, 0.15) is 11.3 Å². The first kappa shape index (κ1) is 25.5. The topological polar surface area (TPSA) is 81.8 Å². The minimum Gasteiger partial charge on any atom is -0.497 e. The number of aromatic nitrogens is 1. The number of fused-ring (bicyclic) bond motifs is 1. The Morgan fingerprint density at radius 1 is 1.03 bits per heavy atom. The lowest BCUT2D eigenvalue weighted by Crippen LogP contribution is -2.40. The molecular weight excluding hydrogens is 517 g/mol. The van der Waals surface area contributed by atoms with Gasteiger partial charge in [-0.05, 0) is 41.6 Å². The fraction of sp³-hybridized carbons (Fsp3) is 0.333. The first-order valence-electron chi connectivity index (χ1n) is 10.5. The van der Waals surface area contributed by atoms with E-state index in [4.69, 9.17) is 4.74 Å². The number of rotatable bonds is 9. The molecule has 3 N–H and O–H groups in total. The Kier molecular flexibility index (Phi) is 10.3. The number of guanidine groups is 1. The molecule has 0 unspecified atom stereocenters. The van der Waals surface area contributed by atoms with E-state index in [2.05, 4.69) is 50.9 Å². The Balaban J connectivity index is 0.00000363. The lowest BCUT2D eigenvalue weighted by Gasteiger charge is -2.14. The smallest absolute Gasteiger partial charge is 0.243 e. The molecule has 1 amide bonds. The van der Waals surface area contributed by atoms with Crippen molar-refractivity contribution < 1.29 is 9.53 Å². The van der Waals surface area contributed by atoms with E-state index in [1.807, 2.05) is 24.3 Å². The summed E-state index contributed by atoms with van der Waals surface area (Å²) in [6, 6.07) is 18.4. The van der Waals surface area contributed by atoms with Crippen LogP contribution in [0.2, 0.25) is 0 Å². The maximum atomic E-state index is 11.9. The van der Waals surface area contributed by atoms with Crippen molar-refractivity contribution in [2.75, 3.05) is 40.8 Å². The number of nitrogens with zero attached hydrogens (tertiary/aromatic N) is 2. The summed E-state index contributed by atoms with van der Waals surface area (Å²) < 4.78 is 5.20. The summed E-state index contributed by atoms with van der Waals surface area (Å²) in [6.07, 6.45) is 1.67. The van der Waals surface area contributed by atoms with E-state index in [9.17, 15) is 4.79 Å². The molecule has 0 aliphatic rings. The van der Waals surface area contributed by atoms with Crippen LogP contribution < -0.4 is 15.4 Å². The molecule has 3 aromatic rings. The number of methoxy groups -OCH3 is 1. The second kappa shape index (κ2) is 12.9. The minimum absolute atomic E-state index is 0. The van der Waals surface area contributed by atoms with Crippen LogP contribution in [-0.4, -0.2) is 62.6 Å². The molecule has 2 aromatic carbocycles. The van der Waals surface area contributed by atoms with Crippen LogP contribution in [-0.2, 0) is 17.6 Å². The molecule has 3 rings (SSSR count). The van der Waals surface area contributed by atoms with Crippen molar-refractivity contribution in [3.8, 4) is 5.75 Å². The highest BCUT2D eigenvalue weighted by molar-refractivity contribution is 14.0. The number of aromatic amines is 1. The maximum Gasteiger partial charge on any atom is 0.243 e. The zero-order valence-corrected chi connectivity index (χ0v) is 21.2. The van der Waals surface area contributed by atoms with Crippen molar-refractivity contribution in [2.45, 2.75) is 12.8 Å². The molecule has 0 radical (unpaired) electrons. The predicted octanol–water partition coefficient (Wildman–Crippen LogP) is 3.20. The molecule has 0 aliphatic heterocycles. The molecule has 0 aliphatic carbocycles. The summed E-state index contributed by atoms with van der Waals surface area (Å²) in [5.74, 6) is 1.45. The average molecular weight is 549 g/mol. The molecule has 0 saturated carbocycles. The summed E-state index contributed by atoms with van der Waals surface area (Å²) >= 11 is 0. The number of likely N-dealkylation sites (N-methyl/N-ethyl adjacent to an activating group) is 1. The van der Waals surface area contributed by atoms with E-state index in [0.29, 0.717) is 19.0 Å². The lowest BCUT2D eigenvalue weighted by atomic mass is 10.1. The van der Waals surface area contributed by atoms with Gasteiger partial charge < -0.3 is 25.3 Å². The molecule has 1 aromatic heterocycles. The third kappa shape index (κ3) is 7.74. The van der Waals surface area contributed by atoms with Gasteiger partial charge in [0.15, 0.2) is 5.96 Å². The molecule has 0 bridgehead atoms. The number of amides is 1. The van der Waals surface area contributed by atoms with Gasteiger partial charge in [0.2, 0.25) is 5.91 Å². The summed E-state index contributed by atoms with van der Waals surface area (Å²) in [5, 5.41) is 7.88. The second-order valence-corrected chi connectivity index (χ2v) is 7.54. The van der Waals surface area contributed by atoms with Crippen LogP contribution in [0.15, 0.2) is 59.6 Å². The SMILES string of the molecule is COc1ccc(CCNC(=NCC(=O)N(C)C)NCCc2cc3ccccc3[nH]2)cc1.I. The number of ether oxygens (including phenoxy) is 1. The van der Waals surface area contributed by atoms with Crippen molar-refractivity contribution in [3.63, 3.8) is 0 Å². The van der Waals surface area contributed by atoms with Crippen molar-refractivity contribution >= 4 is 46.7 Å². The van der Waals surface area contributed by atoms with Gasteiger partial charge in [-0.1, -0.05) is 30.3 Å². The maximum absolute atomic E-state index is 11.9. The zero-order chi connectivity index (χ0) is 22.1. The Hall–Kier alpha value is -2.75. The van der Waals surface area contributed by atoms with E-state index in [0.717, 1.165) is 29.8 Å². The molecule has 8 heteroatoms.